The highest BCUT2D eigenvalue weighted by Gasteiger charge is 2.47. The summed E-state index contributed by atoms with van der Waals surface area (Å²) in [5.74, 6) is -0.899. The second kappa shape index (κ2) is 11.4. The molecule has 1 saturated heterocycles. The molecule has 41 heavy (non-hydrogen) atoms. The van der Waals surface area contributed by atoms with Crippen molar-refractivity contribution in [1.82, 2.24) is 10.2 Å². The number of aromatic amines is 1. The number of aliphatic hydroxyl groups is 1. The van der Waals surface area contributed by atoms with Crippen molar-refractivity contribution in [1.29, 1.82) is 0 Å². The first-order chi connectivity index (χ1) is 20.0. The van der Waals surface area contributed by atoms with Crippen LogP contribution in [0.1, 0.15) is 42.3 Å². The monoisotopic (exact) mass is 546 g/mol. The Morgan fingerprint density at radius 2 is 1.27 bits per heavy atom. The molecular weight excluding hydrogens is 512 g/mol. The fourth-order valence-corrected chi connectivity index (χ4v) is 5.62. The molecule has 4 aromatic carbocycles. The van der Waals surface area contributed by atoms with Gasteiger partial charge in [-0.25, -0.2) is 0 Å². The second-order valence-corrected chi connectivity index (χ2v) is 10.8. The van der Waals surface area contributed by atoms with E-state index in [1.807, 2.05) is 105 Å². The van der Waals surface area contributed by atoms with E-state index in [-0.39, 0.29) is 6.61 Å². The van der Waals surface area contributed by atoms with Crippen molar-refractivity contribution in [3.8, 4) is 11.3 Å². The van der Waals surface area contributed by atoms with Gasteiger partial charge in [-0.2, -0.15) is 5.10 Å². The van der Waals surface area contributed by atoms with Gasteiger partial charge in [0.05, 0.1) is 18.0 Å². The van der Waals surface area contributed by atoms with Crippen LogP contribution in [0.2, 0.25) is 0 Å². The molecule has 1 aliphatic heterocycles. The minimum absolute atomic E-state index is 0.00102. The van der Waals surface area contributed by atoms with E-state index in [9.17, 15) is 5.11 Å². The third-order valence-electron chi connectivity index (χ3n) is 7.49. The van der Waals surface area contributed by atoms with Gasteiger partial charge >= 0.3 is 0 Å². The van der Waals surface area contributed by atoms with Crippen LogP contribution in [0.4, 0.5) is 0 Å². The summed E-state index contributed by atoms with van der Waals surface area (Å²) in [5.41, 5.74) is 4.47. The van der Waals surface area contributed by atoms with Crippen LogP contribution < -0.4 is 0 Å². The first kappa shape index (κ1) is 27.1. The Labute approximate surface area is 240 Å². The molecule has 1 aliphatic rings. The Kier molecular flexibility index (Phi) is 7.56. The number of nitrogens with zero attached hydrogens (tertiary/aromatic N) is 1. The van der Waals surface area contributed by atoms with Crippen molar-refractivity contribution in [2.75, 3.05) is 6.61 Å². The topological polar surface area (TPSA) is 76.6 Å². The van der Waals surface area contributed by atoms with Crippen molar-refractivity contribution in [2.45, 2.75) is 43.5 Å². The van der Waals surface area contributed by atoms with Gasteiger partial charge in [0.1, 0.15) is 23.9 Å². The van der Waals surface area contributed by atoms with Gasteiger partial charge in [0, 0.05) is 5.56 Å². The Bertz CT molecular complexity index is 1440. The molecule has 0 aliphatic carbocycles. The first-order valence-corrected chi connectivity index (χ1v) is 13.9. The van der Waals surface area contributed by atoms with Crippen molar-refractivity contribution in [3.05, 3.63) is 150 Å². The highest BCUT2D eigenvalue weighted by Crippen LogP contribution is 2.43. The van der Waals surface area contributed by atoms with E-state index in [0.29, 0.717) is 0 Å². The summed E-state index contributed by atoms with van der Waals surface area (Å²) >= 11 is 0. The number of rotatable bonds is 9. The molecule has 0 spiro atoms. The zero-order chi connectivity index (χ0) is 28.3. The minimum atomic E-state index is -0.999. The Balaban J connectivity index is 1.33. The van der Waals surface area contributed by atoms with Crippen LogP contribution in [0.3, 0.4) is 0 Å². The molecule has 5 aromatic rings. The zero-order valence-electron chi connectivity index (χ0n) is 23.2. The molecule has 2 N–H and O–H groups in total. The Hall–Kier alpha value is -4.07. The number of aliphatic hydroxyl groups excluding tert-OH is 1. The van der Waals surface area contributed by atoms with E-state index >= 15 is 0 Å². The van der Waals surface area contributed by atoms with E-state index in [0.717, 1.165) is 33.6 Å². The summed E-state index contributed by atoms with van der Waals surface area (Å²) in [6, 6.07) is 42.2. The molecule has 2 heterocycles. The molecule has 3 atom stereocenters. The molecule has 0 unspecified atom stereocenters. The smallest absolute Gasteiger partial charge is 0.164 e. The number of benzene rings is 4. The molecule has 0 radical (unpaired) electrons. The number of H-pyrrole nitrogens is 1. The van der Waals surface area contributed by atoms with Gasteiger partial charge in [-0.15, -0.1) is 0 Å². The Morgan fingerprint density at radius 3 is 1.78 bits per heavy atom. The molecule has 0 saturated carbocycles. The highest BCUT2D eigenvalue weighted by molar-refractivity contribution is 5.59. The van der Waals surface area contributed by atoms with Crippen LogP contribution in [0.15, 0.2) is 127 Å². The van der Waals surface area contributed by atoms with Crippen LogP contribution in [-0.2, 0) is 19.8 Å². The largest absolute Gasteiger partial charge is 0.388 e. The quantitative estimate of drug-likeness (QED) is 0.203. The van der Waals surface area contributed by atoms with Gasteiger partial charge in [0.2, 0.25) is 0 Å². The number of hydrogen-bond donors (Lipinski definition) is 2. The lowest BCUT2D eigenvalue weighted by Crippen LogP contribution is -2.41. The summed E-state index contributed by atoms with van der Waals surface area (Å²) in [5, 5.41) is 19.3. The summed E-state index contributed by atoms with van der Waals surface area (Å²) < 4.78 is 19.4. The fraction of sp³-hybridized carbons (Fsp3) is 0.229. The van der Waals surface area contributed by atoms with Gasteiger partial charge in [-0.1, -0.05) is 121 Å². The lowest BCUT2D eigenvalue weighted by molar-refractivity contribution is -0.162. The second-order valence-electron chi connectivity index (χ2n) is 10.8. The maximum Gasteiger partial charge on any atom is 0.164 e. The van der Waals surface area contributed by atoms with Gasteiger partial charge in [-0.3, -0.25) is 5.10 Å². The predicted molar refractivity (Wildman–Crippen MR) is 158 cm³/mol. The molecule has 0 amide bonds. The van der Waals surface area contributed by atoms with E-state index in [1.165, 1.54) is 0 Å². The summed E-state index contributed by atoms with van der Waals surface area (Å²) in [6.07, 6.45) is -2.25. The van der Waals surface area contributed by atoms with Crippen LogP contribution >= 0.6 is 0 Å². The molecule has 6 rings (SSSR count). The lowest BCUT2D eigenvalue weighted by atomic mass is 9.80. The average molecular weight is 547 g/mol. The van der Waals surface area contributed by atoms with Crippen molar-refractivity contribution < 1.29 is 19.3 Å². The van der Waals surface area contributed by atoms with Gasteiger partial charge in [0.15, 0.2) is 5.79 Å². The van der Waals surface area contributed by atoms with Gasteiger partial charge in [-0.05, 0) is 36.6 Å². The zero-order valence-corrected chi connectivity index (χ0v) is 23.2. The molecule has 1 aromatic heterocycles. The standard InChI is InChI=1S/C35H34N2O4/c1-34(2)40-32(30-23-29(36-37-30)25-15-7-3-8-16-25)33(41-34)31(38)24-39-35(26-17-9-4-10-18-26,27-19-11-5-12-20-27)28-21-13-6-14-22-28/h3-23,31-33,38H,24H2,1-2H3,(H,36,37)/t31-,32-,33-/m1/s1. The highest BCUT2D eigenvalue weighted by atomic mass is 16.8. The predicted octanol–water partition coefficient (Wildman–Crippen LogP) is 6.64. The van der Waals surface area contributed by atoms with Gasteiger partial charge < -0.3 is 19.3 Å². The van der Waals surface area contributed by atoms with Crippen LogP contribution in [0.25, 0.3) is 11.3 Å². The van der Waals surface area contributed by atoms with Crippen molar-refractivity contribution in [2.24, 2.45) is 0 Å². The first-order valence-electron chi connectivity index (χ1n) is 13.9. The van der Waals surface area contributed by atoms with E-state index in [2.05, 4.69) is 46.6 Å². The van der Waals surface area contributed by atoms with Crippen molar-refractivity contribution in [3.63, 3.8) is 0 Å². The molecule has 0 bridgehead atoms. The SMILES string of the molecule is CC1(C)O[C@H]([C@H](O)COC(c2ccccc2)(c2ccccc2)c2ccccc2)[C@@H](c2cc(-c3ccccc3)n[nH]2)O1. The van der Waals surface area contributed by atoms with Crippen LogP contribution in [0.5, 0.6) is 0 Å². The van der Waals surface area contributed by atoms with Crippen molar-refractivity contribution >= 4 is 0 Å². The normalized spacial score (nSPS) is 19.2. The van der Waals surface area contributed by atoms with Gasteiger partial charge in [0.25, 0.3) is 0 Å². The van der Waals surface area contributed by atoms with E-state index in [1.54, 1.807) is 0 Å². The van der Waals surface area contributed by atoms with E-state index < -0.39 is 29.7 Å². The van der Waals surface area contributed by atoms with Crippen LogP contribution in [0, 0.1) is 0 Å². The number of hydrogen-bond acceptors (Lipinski definition) is 5. The minimum Gasteiger partial charge on any atom is -0.388 e. The average Bonchev–Trinajstić information content (AvgIpc) is 3.64. The summed E-state index contributed by atoms with van der Waals surface area (Å²) in [6.45, 7) is 3.70. The van der Waals surface area contributed by atoms with Crippen LogP contribution in [-0.4, -0.2) is 39.9 Å². The maximum atomic E-state index is 11.7. The summed E-state index contributed by atoms with van der Waals surface area (Å²) in [7, 11) is 0. The molecule has 208 valence electrons. The molecule has 6 heteroatoms. The number of nitrogens with one attached hydrogen (secondary N) is 1. The summed E-state index contributed by atoms with van der Waals surface area (Å²) in [4.78, 5) is 0. The third-order valence-corrected chi connectivity index (χ3v) is 7.49. The lowest BCUT2D eigenvalue weighted by Gasteiger charge is -2.37. The number of aromatic nitrogens is 2. The molecule has 6 nitrogen and oxygen atoms in total. The maximum absolute atomic E-state index is 11.7. The fourth-order valence-electron chi connectivity index (χ4n) is 5.62. The third kappa shape index (κ3) is 5.47. The Morgan fingerprint density at radius 1 is 0.780 bits per heavy atom. The number of ether oxygens (including phenoxy) is 3. The van der Waals surface area contributed by atoms with E-state index in [4.69, 9.17) is 14.2 Å². The molecular formula is C35H34N2O4. The molecule has 1 fully saturated rings.